The van der Waals surface area contributed by atoms with E-state index in [0.717, 1.165) is 65.9 Å². The van der Waals surface area contributed by atoms with Gasteiger partial charge in [0.15, 0.2) is 5.82 Å². The maximum absolute atomic E-state index is 10.6. The molecule has 1 aromatic carbocycles. The number of morpholine rings is 1. The average Bonchev–Trinajstić information content (AvgIpc) is 3.40. The number of hydrogen-bond acceptors (Lipinski definition) is 6. The number of pyridine rings is 2. The number of carboxylic acid groups (broad SMARTS) is 1. The first-order valence-electron chi connectivity index (χ1n) is 11.0. The van der Waals surface area contributed by atoms with Crippen LogP contribution in [-0.2, 0) is 9.53 Å². The molecule has 0 bridgehead atoms. The van der Waals surface area contributed by atoms with Gasteiger partial charge in [-0.25, -0.2) is 9.78 Å². The van der Waals surface area contributed by atoms with Gasteiger partial charge in [-0.1, -0.05) is 30.3 Å². The number of carboxylic acids is 1. The molecule has 5 rings (SSSR count). The molecule has 0 radical (unpaired) electrons. The summed E-state index contributed by atoms with van der Waals surface area (Å²) in [7, 11) is 0. The number of alkyl halides is 3. The predicted octanol–water partition coefficient (Wildman–Crippen LogP) is 4.67. The first kappa shape index (κ1) is 24.9. The second kappa shape index (κ2) is 11.0. The molecule has 1 saturated heterocycles. The summed E-state index contributed by atoms with van der Waals surface area (Å²) in [6, 6.07) is 16.4. The fourth-order valence-corrected chi connectivity index (χ4v) is 3.54. The van der Waals surface area contributed by atoms with E-state index in [4.69, 9.17) is 14.6 Å². The zero-order valence-electron chi connectivity index (χ0n) is 18.9. The summed E-state index contributed by atoms with van der Waals surface area (Å²) in [5, 5.41) is 7.12. The van der Waals surface area contributed by atoms with E-state index in [-0.39, 0.29) is 0 Å². The Labute approximate surface area is 204 Å². The molecule has 3 aromatic heterocycles. The second-order valence-electron chi connectivity index (χ2n) is 7.78. The minimum Gasteiger partial charge on any atom is -0.475 e. The minimum atomic E-state index is -5.08. The van der Waals surface area contributed by atoms with Gasteiger partial charge in [-0.3, -0.25) is 9.97 Å². The molecule has 1 aliphatic rings. The van der Waals surface area contributed by atoms with Crippen LogP contribution in [0.3, 0.4) is 0 Å². The average molecular weight is 497 g/mol. The Morgan fingerprint density at radius 1 is 0.944 bits per heavy atom. The van der Waals surface area contributed by atoms with Crippen molar-refractivity contribution in [2.24, 2.45) is 0 Å². The van der Waals surface area contributed by atoms with Gasteiger partial charge in [0, 0.05) is 31.0 Å². The van der Waals surface area contributed by atoms with Gasteiger partial charge >= 0.3 is 12.1 Å². The van der Waals surface area contributed by atoms with Crippen molar-refractivity contribution in [2.75, 3.05) is 31.2 Å². The molecular formula is C25H22F3N5O3. The van der Waals surface area contributed by atoms with Crippen molar-refractivity contribution >= 4 is 11.7 Å². The van der Waals surface area contributed by atoms with Gasteiger partial charge < -0.3 is 19.7 Å². The van der Waals surface area contributed by atoms with Crippen LogP contribution in [0, 0.1) is 0 Å². The number of ether oxygens (including phenoxy) is 1. The second-order valence-corrected chi connectivity index (χ2v) is 7.78. The molecular weight excluding hydrogens is 475 g/mol. The van der Waals surface area contributed by atoms with Crippen molar-refractivity contribution in [1.29, 1.82) is 0 Å². The third-order valence-electron chi connectivity index (χ3n) is 5.34. The summed E-state index contributed by atoms with van der Waals surface area (Å²) in [6.07, 6.45) is 2.38. The zero-order valence-corrected chi connectivity index (χ0v) is 18.9. The van der Waals surface area contributed by atoms with E-state index in [1.54, 1.807) is 0 Å². The van der Waals surface area contributed by atoms with Crippen LogP contribution in [0.5, 0.6) is 0 Å². The van der Waals surface area contributed by atoms with E-state index in [0.29, 0.717) is 0 Å². The topological polar surface area (TPSA) is 104 Å². The smallest absolute Gasteiger partial charge is 0.475 e. The molecule has 0 saturated carbocycles. The van der Waals surface area contributed by atoms with Crippen molar-refractivity contribution in [3.63, 3.8) is 0 Å². The van der Waals surface area contributed by atoms with Crippen LogP contribution in [0.4, 0.5) is 18.9 Å². The third kappa shape index (κ3) is 6.25. The van der Waals surface area contributed by atoms with Crippen molar-refractivity contribution < 1.29 is 27.8 Å². The number of anilines is 1. The molecule has 11 heteroatoms. The molecule has 1 aliphatic heterocycles. The number of aliphatic carboxylic acids is 1. The maximum Gasteiger partial charge on any atom is 0.490 e. The van der Waals surface area contributed by atoms with Gasteiger partial charge in [-0.2, -0.15) is 13.2 Å². The van der Waals surface area contributed by atoms with Gasteiger partial charge in [-0.05, 0) is 29.3 Å². The van der Waals surface area contributed by atoms with Crippen LogP contribution in [0.25, 0.3) is 33.9 Å². The Kier molecular flexibility index (Phi) is 7.59. The van der Waals surface area contributed by atoms with Crippen molar-refractivity contribution in [3.8, 4) is 33.9 Å². The lowest BCUT2D eigenvalue weighted by atomic mass is 10.1. The summed E-state index contributed by atoms with van der Waals surface area (Å²) < 4.78 is 37.2. The van der Waals surface area contributed by atoms with Crippen molar-refractivity contribution in [1.82, 2.24) is 19.9 Å². The molecule has 36 heavy (non-hydrogen) atoms. The zero-order chi connectivity index (χ0) is 25.5. The summed E-state index contributed by atoms with van der Waals surface area (Å²) >= 11 is 0. The van der Waals surface area contributed by atoms with Gasteiger partial charge in [-0.15, -0.1) is 0 Å². The van der Waals surface area contributed by atoms with E-state index >= 15 is 0 Å². The number of imidazole rings is 1. The number of H-pyrrole nitrogens is 1. The number of halogens is 3. The number of rotatable bonds is 4. The van der Waals surface area contributed by atoms with E-state index in [1.165, 1.54) is 0 Å². The molecule has 186 valence electrons. The number of aromatic amines is 1. The summed E-state index contributed by atoms with van der Waals surface area (Å²) in [5.41, 5.74) is 6.13. The SMILES string of the molecule is O=C(O)C(F)(F)F.c1ccc(-c2cnc(-c3cc(-c4cncc(N5CCOCC5)c4)ccn3)[nH]2)cc1. The molecule has 0 amide bonds. The number of carbonyl (C=O) groups is 1. The maximum atomic E-state index is 10.6. The summed E-state index contributed by atoms with van der Waals surface area (Å²) in [5.74, 6) is -2.00. The van der Waals surface area contributed by atoms with E-state index in [1.807, 2.05) is 55.1 Å². The van der Waals surface area contributed by atoms with Gasteiger partial charge in [0.25, 0.3) is 0 Å². The van der Waals surface area contributed by atoms with E-state index in [9.17, 15) is 13.2 Å². The van der Waals surface area contributed by atoms with Crippen molar-refractivity contribution in [2.45, 2.75) is 6.18 Å². The van der Waals surface area contributed by atoms with E-state index in [2.05, 4.69) is 43.0 Å². The first-order chi connectivity index (χ1) is 17.3. The molecule has 0 atom stereocenters. The highest BCUT2D eigenvalue weighted by atomic mass is 19.4. The number of nitrogens with zero attached hydrogens (tertiary/aromatic N) is 4. The van der Waals surface area contributed by atoms with Crippen molar-refractivity contribution in [3.05, 3.63) is 73.3 Å². The van der Waals surface area contributed by atoms with E-state index < -0.39 is 12.1 Å². The number of benzene rings is 1. The Morgan fingerprint density at radius 2 is 1.67 bits per heavy atom. The van der Waals surface area contributed by atoms with Crippen LogP contribution in [0.2, 0.25) is 0 Å². The van der Waals surface area contributed by atoms with Gasteiger partial charge in [0.1, 0.15) is 5.69 Å². The molecule has 8 nitrogen and oxygen atoms in total. The van der Waals surface area contributed by atoms with Crippen LogP contribution < -0.4 is 4.90 Å². The fourth-order valence-electron chi connectivity index (χ4n) is 3.54. The summed E-state index contributed by atoms with van der Waals surface area (Å²) in [6.45, 7) is 3.29. The lowest BCUT2D eigenvalue weighted by Gasteiger charge is -2.28. The molecule has 4 aromatic rings. The largest absolute Gasteiger partial charge is 0.490 e. The molecule has 0 unspecified atom stereocenters. The number of nitrogens with one attached hydrogen (secondary N) is 1. The normalized spacial score (nSPS) is 13.6. The molecule has 4 heterocycles. The number of aromatic nitrogens is 4. The Balaban J connectivity index is 0.000000384. The van der Waals surface area contributed by atoms with Crippen LogP contribution in [0.1, 0.15) is 0 Å². The quantitative estimate of drug-likeness (QED) is 0.422. The molecule has 0 spiro atoms. The predicted molar refractivity (Wildman–Crippen MR) is 127 cm³/mol. The summed E-state index contributed by atoms with van der Waals surface area (Å²) in [4.78, 5) is 28.1. The molecule has 0 aliphatic carbocycles. The van der Waals surface area contributed by atoms with Gasteiger partial charge in [0.05, 0.1) is 37.0 Å². The monoisotopic (exact) mass is 497 g/mol. The highest BCUT2D eigenvalue weighted by molar-refractivity contribution is 5.73. The van der Waals surface area contributed by atoms with Crippen LogP contribution in [0.15, 0.2) is 73.3 Å². The van der Waals surface area contributed by atoms with Crippen LogP contribution >= 0.6 is 0 Å². The molecule has 2 N–H and O–H groups in total. The first-order valence-corrected chi connectivity index (χ1v) is 11.0. The molecule has 1 fully saturated rings. The fraction of sp³-hybridized carbons (Fsp3) is 0.200. The Bertz CT molecular complexity index is 1310. The Morgan fingerprint density at radius 3 is 2.36 bits per heavy atom. The minimum absolute atomic E-state index is 0.753. The third-order valence-corrected chi connectivity index (χ3v) is 5.34. The highest BCUT2D eigenvalue weighted by Gasteiger charge is 2.38. The lowest BCUT2D eigenvalue weighted by Crippen LogP contribution is -2.36. The van der Waals surface area contributed by atoms with Crippen LogP contribution in [-0.4, -0.2) is 63.5 Å². The lowest BCUT2D eigenvalue weighted by molar-refractivity contribution is -0.192. The van der Waals surface area contributed by atoms with Gasteiger partial charge in [0.2, 0.25) is 0 Å². The highest BCUT2D eigenvalue weighted by Crippen LogP contribution is 2.27. The number of hydrogen-bond donors (Lipinski definition) is 2. The Hall–Kier alpha value is -4.25. The standard InChI is InChI=1S/C23H21N5O.C2HF3O2/c1-2-4-17(5-3-1)22-16-26-23(27-22)21-13-18(6-7-25-21)19-12-20(15-24-14-19)28-8-10-29-11-9-28;3-2(4,5)1(6)7/h1-7,12-16H,8-11H2,(H,26,27);(H,6,7).